The zero-order valence-electron chi connectivity index (χ0n) is 18.1. The van der Waals surface area contributed by atoms with E-state index in [2.05, 4.69) is 16.3 Å². The molecule has 4 aromatic rings. The Morgan fingerprint density at radius 1 is 1.00 bits per heavy atom. The van der Waals surface area contributed by atoms with Gasteiger partial charge in [-0.1, -0.05) is 54.8 Å². The first-order chi connectivity index (χ1) is 16.2. The van der Waals surface area contributed by atoms with Gasteiger partial charge < -0.3 is 14.1 Å². The van der Waals surface area contributed by atoms with E-state index < -0.39 is 0 Å². The molecule has 1 saturated carbocycles. The number of aromatic nitrogens is 2. The van der Waals surface area contributed by atoms with Crippen molar-refractivity contribution in [3.8, 4) is 17.2 Å². The van der Waals surface area contributed by atoms with Gasteiger partial charge in [0, 0.05) is 16.6 Å². The maximum absolute atomic E-state index is 13.2. The van der Waals surface area contributed by atoms with Gasteiger partial charge in [0.1, 0.15) is 5.75 Å². The molecular formula is C26H24ClN3O3. The SMILES string of the molecule is O=C(COc1ccc2ccccc2c1)N(Cc1nnc(-c2ccc(Cl)cc2)o1)C1CCCC1. The number of rotatable bonds is 7. The van der Waals surface area contributed by atoms with E-state index in [1.807, 2.05) is 53.4 Å². The minimum atomic E-state index is -0.0821. The number of hydrogen-bond acceptors (Lipinski definition) is 5. The van der Waals surface area contributed by atoms with Crippen molar-refractivity contribution in [3.05, 3.63) is 77.6 Å². The van der Waals surface area contributed by atoms with Crippen LogP contribution in [0.5, 0.6) is 5.75 Å². The van der Waals surface area contributed by atoms with Gasteiger partial charge >= 0.3 is 0 Å². The van der Waals surface area contributed by atoms with Crippen molar-refractivity contribution in [2.45, 2.75) is 38.3 Å². The molecule has 1 fully saturated rings. The molecule has 6 nitrogen and oxygen atoms in total. The molecule has 0 N–H and O–H groups in total. The predicted octanol–water partition coefficient (Wildman–Crippen LogP) is 5.89. The fourth-order valence-corrected chi connectivity index (χ4v) is 4.42. The van der Waals surface area contributed by atoms with Gasteiger partial charge in [-0.15, -0.1) is 10.2 Å². The third-order valence-corrected chi connectivity index (χ3v) is 6.28. The Labute approximate surface area is 197 Å². The van der Waals surface area contributed by atoms with Crippen molar-refractivity contribution in [2.24, 2.45) is 0 Å². The number of hydrogen-bond donors (Lipinski definition) is 0. The quantitative estimate of drug-likeness (QED) is 0.343. The van der Waals surface area contributed by atoms with E-state index in [9.17, 15) is 4.79 Å². The molecule has 7 heteroatoms. The first-order valence-corrected chi connectivity index (χ1v) is 11.5. The predicted molar refractivity (Wildman–Crippen MR) is 127 cm³/mol. The fourth-order valence-electron chi connectivity index (χ4n) is 4.29. The third kappa shape index (κ3) is 5.01. The van der Waals surface area contributed by atoms with Crippen LogP contribution >= 0.6 is 11.6 Å². The van der Waals surface area contributed by atoms with Crippen LogP contribution in [0, 0.1) is 0 Å². The monoisotopic (exact) mass is 461 g/mol. The van der Waals surface area contributed by atoms with E-state index in [4.69, 9.17) is 20.8 Å². The Morgan fingerprint density at radius 3 is 2.55 bits per heavy atom. The number of carbonyl (C=O) groups is 1. The van der Waals surface area contributed by atoms with E-state index in [1.165, 1.54) is 0 Å². The van der Waals surface area contributed by atoms with Crippen molar-refractivity contribution in [1.82, 2.24) is 15.1 Å². The Balaban J connectivity index is 1.29. The van der Waals surface area contributed by atoms with Gasteiger partial charge in [-0.05, 0) is 60.0 Å². The number of carbonyl (C=O) groups excluding carboxylic acids is 1. The molecule has 1 heterocycles. The molecule has 1 amide bonds. The van der Waals surface area contributed by atoms with E-state index in [0.717, 1.165) is 42.0 Å². The molecule has 168 valence electrons. The topological polar surface area (TPSA) is 68.5 Å². The number of nitrogens with zero attached hydrogens (tertiary/aromatic N) is 3. The second kappa shape index (κ2) is 9.63. The second-order valence-corrected chi connectivity index (χ2v) is 8.70. The first-order valence-electron chi connectivity index (χ1n) is 11.1. The Hall–Kier alpha value is -3.38. The summed E-state index contributed by atoms with van der Waals surface area (Å²) < 4.78 is 11.7. The van der Waals surface area contributed by atoms with Crippen LogP contribution in [-0.2, 0) is 11.3 Å². The van der Waals surface area contributed by atoms with Crippen LogP contribution in [0.1, 0.15) is 31.6 Å². The maximum Gasteiger partial charge on any atom is 0.261 e. The molecule has 33 heavy (non-hydrogen) atoms. The van der Waals surface area contributed by atoms with Gasteiger partial charge in [-0.3, -0.25) is 4.79 Å². The van der Waals surface area contributed by atoms with Crippen LogP contribution < -0.4 is 4.74 Å². The summed E-state index contributed by atoms with van der Waals surface area (Å²) in [5.74, 6) is 1.41. The van der Waals surface area contributed by atoms with Crippen molar-refractivity contribution in [3.63, 3.8) is 0 Å². The average Bonchev–Trinajstić information content (AvgIpc) is 3.54. The van der Waals surface area contributed by atoms with Crippen molar-refractivity contribution in [1.29, 1.82) is 0 Å². The van der Waals surface area contributed by atoms with Gasteiger partial charge in [0.2, 0.25) is 11.8 Å². The van der Waals surface area contributed by atoms with E-state index in [-0.39, 0.29) is 25.1 Å². The normalized spacial score (nSPS) is 14.0. The van der Waals surface area contributed by atoms with Crippen LogP contribution in [0.25, 0.3) is 22.2 Å². The minimum Gasteiger partial charge on any atom is -0.484 e. The maximum atomic E-state index is 13.2. The lowest BCUT2D eigenvalue weighted by Crippen LogP contribution is -2.41. The lowest BCUT2D eigenvalue weighted by Gasteiger charge is -2.27. The molecule has 0 spiro atoms. The van der Waals surface area contributed by atoms with Gasteiger partial charge in [-0.2, -0.15) is 0 Å². The number of ether oxygens (including phenoxy) is 1. The summed E-state index contributed by atoms with van der Waals surface area (Å²) in [6.07, 6.45) is 4.17. The summed E-state index contributed by atoms with van der Waals surface area (Å²) in [7, 11) is 0. The number of benzene rings is 3. The zero-order valence-corrected chi connectivity index (χ0v) is 18.9. The zero-order chi connectivity index (χ0) is 22.6. The standard InChI is InChI=1S/C26H24ClN3O3/c27-21-12-9-19(10-13-21)26-29-28-24(33-26)16-30(22-7-3-4-8-22)25(31)17-32-23-14-11-18-5-1-2-6-20(18)15-23/h1-2,5-6,9-15,22H,3-4,7-8,16-17H2. The smallest absolute Gasteiger partial charge is 0.261 e. The van der Waals surface area contributed by atoms with E-state index in [1.54, 1.807) is 12.1 Å². The van der Waals surface area contributed by atoms with Gasteiger partial charge in [0.05, 0.1) is 6.54 Å². The third-order valence-electron chi connectivity index (χ3n) is 6.03. The average molecular weight is 462 g/mol. The number of fused-ring (bicyclic) bond motifs is 1. The van der Waals surface area contributed by atoms with Gasteiger partial charge in [0.25, 0.3) is 5.91 Å². The molecule has 0 saturated heterocycles. The van der Waals surface area contributed by atoms with E-state index >= 15 is 0 Å². The van der Waals surface area contributed by atoms with Crippen molar-refractivity contribution >= 4 is 28.3 Å². The molecule has 1 aromatic heterocycles. The Kier molecular flexibility index (Phi) is 6.26. The highest BCUT2D eigenvalue weighted by atomic mass is 35.5. The highest BCUT2D eigenvalue weighted by Gasteiger charge is 2.28. The number of amides is 1. The summed E-state index contributed by atoms with van der Waals surface area (Å²) >= 11 is 5.96. The van der Waals surface area contributed by atoms with Crippen LogP contribution in [-0.4, -0.2) is 33.7 Å². The van der Waals surface area contributed by atoms with E-state index in [0.29, 0.717) is 22.6 Å². The summed E-state index contributed by atoms with van der Waals surface area (Å²) in [5, 5.41) is 11.2. The van der Waals surface area contributed by atoms with Crippen LogP contribution in [0.15, 0.2) is 71.1 Å². The van der Waals surface area contributed by atoms with Gasteiger partial charge in [-0.25, -0.2) is 0 Å². The molecule has 1 aliphatic carbocycles. The molecule has 5 rings (SSSR count). The highest BCUT2D eigenvalue weighted by Crippen LogP contribution is 2.27. The lowest BCUT2D eigenvalue weighted by atomic mass is 10.1. The van der Waals surface area contributed by atoms with Crippen LogP contribution in [0.2, 0.25) is 5.02 Å². The minimum absolute atomic E-state index is 0.0347. The van der Waals surface area contributed by atoms with Crippen molar-refractivity contribution < 1.29 is 13.9 Å². The Morgan fingerprint density at radius 2 is 1.76 bits per heavy atom. The molecule has 0 bridgehead atoms. The number of halogens is 1. The summed E-state index contributed by atoms with van der Waals surface area (Å²) in [5.41, 5.74) is 0.788. The highest BCUT2D eigenvalue weighted by molar-refractivity contribution is 6.30. The van der Waals surface area contributed by atoms with Crippen LogP contribution in [0.3, 0.4) is 0 Å². The molecule has 3 aromatic carbocycles. The lowest BCUT2D eigenvalue weighted by molar-refractivity contribution is -0.136. The second-order valence-electron chi connectivity index (χ2n) is 8.27. The molecule has 0 unspecified atom stereocenters. The Bertz CT molecular complexity index is 1250. The first kappa shape index (κ1) is 21.5. The summed E-state index contributed by atoms with van der Waals surface area (Å²) in [4.78, 5) is 15.0. The molecule has 0 radical (unpaired) electrons. The van der Waals surface area contributed by atoms with Crippen LogP contribution in [0.4, 0.5) is 0 Å². The summed E-state index contributed by atoms with van der Waals surface area (Å²) in [6, 6.07) is 21.3. The molecule has 0 aliphatic heterocycles. The molecular weight excluding hydrogens is 438 g/mol. The molecule has 0 atom stereocenters. The van der Waals surface area contributed by atoms with Gasteiger partial charge in [0.15, 0.2) is 6.61 Å². The molecule has 1 aliphatic rings. The summed E-state index contributed by atoms with van der Waals surface area (Å²) in [6.45, 7) is 0.234. The largest absolute Gasteiger partial charge is 0.484 e. The van der Waals surface area contributed by atoms with Crippen molar-refractivity contribution in [2.75, 3.05) is 6.61 Å². The fraction of sp³-hybridized carbons (Fsp3) is 0.269.